The summed E-state index contributed by atoms with van der Waals surface area (Å²) < 4.78 is 7.44. The van der Waals surface area contributed by atoms with Crippen LogP contribution in [0.15, 0.2) is 31.7 Å². The quantitative estimate of drug-likeness (QED) is 0.499. The average Bonchev–Trinajstić information content (AvgIpc) is 3.17. The van der Waals surface area contributed by atoms with Crippen molar-refractivity contribution in [1.82, 2.24) is 9.13 Å². The van der Waals surface area contributed by atoms with Gasteiger partial charge in [-0.3, -0.25) is 18.7 Å². The molecule has 0 amide bonds. The highest BCUT2D eigenvalue weighted by Gasteiger charge is 2.36. The van der Waals surface area contributed by atoms with Gasteiger partial charge in [-0.2, -0.15) is 5.26 Å². The largest absolute Gasteiger partial charge is 0.461 e. The summed E-state index contributed by atoms with van der Waals surface area (Å²) in [5.74, 6) is 0.957. The summed E-state index contributed by atoms with van der Waals surface area (Å²) >= 11 is 0. The third-order valence-corrected chi connectivity index (χ3v) is 4.71. The van der Waals surface area contributed by atoms with Crippen LogP contribution in [0.4, 0.5) is 5.82 Å². The number of hydrogen-bond acceptors (Lipinski definition) is 6. The number of allylic oxidation sites excluding steroid dienone is 1. The van der Waals surface area contributed by atoms with Gasteiger partial charge < -0.3 is 10.2 Å². The Hall–Kier alpha value is -3.34. The first-order valence-corrected chi connectivity index (χ1v) is 8.08. The van der Waals surface area contributed by atoms with Crippen LogP contribution in [0.3, 0.4) is 0 Å². The fourth-order valence-corrected chi connectivity index (χ4v) is 2.86. The van der Waals surface area contributed by atoms with E-state index in [9.17, 15) is 19.6 Å². The molecule has 8 heteroatoms. The lowest BCUT2D eigenvalue weighted by molar-refractivity contribution is 0.103. The van der Waals surface area contributed by atoms with Gasteiger partial charge in [0.05, 0.1) is 0 Å². The lowest BCUT2D eigenvalue weighted by Crippen LogP contribution is -2.41. The Morgan fingerprint density at radius 2 is 2.00 bits per heavy atom. The van der Waals surface area contributed by atoms with Crippen molar-refractivity contribution in [3.05, 3.63) is 55.6 Å². The number of anilines is 1. The second kappa shape index (κ2) is 6.19. The van der Waals surface area contributed by atoms with Crippen molar-refractivity contribution in [2.45, 2.75) is 19.3 Å². The van der Waals surface area contributed by atoms with Crippen molar-refractivity contribution in [3.8, 4) is 6.07 Å². The van der Waals surface area contributed by atoms with Gasteiger partial charge in [-0.15, -0.1) is 0 Å². The smallest absolute Gasteiger partial charge is 0.332 e. The molecule has 1 aliphatic carbocycles. The van der Waals surface area contributed by atoms with Crippen molar-refractivity contribution in [1.29, 1.82) is 5.26 Å². The fourth-order valence-electron chi connectivity index (χ4n) is 2.86. The SMILES string of the molecule is C[C@H]1C[C@@H]1c1ccc(/C=C(\C#N)C(=O)c2c(N)n(C)c(=O)n(C)c2=O)o1. The number of carbonyl (C=O) groups excluding carboxylic acids is 1. The zero-order valence-corrected chi connectivity index (χ0v) is 14.6. The Labute approximate surface area is 148 Å². The van der Waals surface area contributed by atoms with Crippen LogP contribution in [-0.4, -0.2) is 14.9 Å². The highest BCUT2D eigenvalue weighted by atomic mass is 16.3. The van der Waals surface area contributed by atoms with Crippen molar-refractivity contribution < 1.29 is 9.21 Å². The molecule has 2 aromatic heterocycles. The van der Waals surface area contributed by atoms with Crippen molar-refractivity contribution in [3.63, 3.8) is 0 Å². The number of nitrogens with two attached hydrogens (primary N) is 1. The standard InChI is InChI=1S/C18H18N4O4/c1-9-6-12(9)13-5-4-11(26-13)7-10(8-19)15(23)14-16(20)21(2)18(25)22(3)17(14)24/h4-5,7,9,12H,6,20H2,1-3H3/b10-7+/t9-,12-/m0/s1. The van der Waals surface area contributed by atoms with E-state index >= 15 is 0 Å². The molecular formula is C18H18N4O4. The highest BCUT2D eigenvalue weighted by molar-refractivity contribution is 6.15. The Morgan fingerprint density at radius 1 is 1.35 bits per heavy atom. The Balaban J connectivity index is 2.03. The van der Waals surface area contributed by atoms with Crippen LogP contribution in [0.2, 0.25) is 0 Å². The molecule has 0 aromatic carbocycles. The van der Waals surface area contributed by atoms with E-state index in [4.69, 9.17) is 10.2 Å². The van der Waals surface area contributed by atoms with Gasteiger partial charge in [0.25, 0.3) is 5.56 Å². The molecule has 1 saturated carbocycles. The third kappa shape index (κ3) is 2.77. The predicted molar refractivity (Wildman–Crippen MR) is 94.5 cm³/mol. The minimum absolute atomic E-state index is 0.281. The summed E-state index contributed by atoms with van der Waals surface area (Å²) in [5, 5.41) is 9.37. The number of ketones is 1. The van der Waals surface area contributed by atoms with E-state index < -0.39 is 22.6 Å². The maximum absolute atomic E-state index is 12.7. The number of hydrogen-bond donors (Lipinski definition) is 1. The summed E-state index contributed by atoms with van der Waals surface area (Å²) in [6.45, 7) is 2.12. The lowest BCUT2D eigenvalue weighted by atomic mass is 10.1. The highest BCUT2D eigenvalue weighted by Crippen LogP contribution is 2.47. The van der Waals surface area contributed by atoms with Gasteiger partial charge in [0.2, 0.25) is 5.78 Å². The van der Waals surface area contributed by atoms with Crippen LogP contribution in [0.5, 0.6) is 0 Å². The maximum Gasteiger partial charge on any atom is 0.332 e. The molecule has 0 radical (unpaired) electrons. The molecule has 0 aliphatic heterocycles. The molecule has 2 heterocycles. The van der Waals surface area contributed by atoms with Crippen LogP contribution in [0.1, 0.15) is 41.1 Å². The van der Waals surface area contributed by atoms with E-state index in [1.807, 2.05) is 6.07 Å². The summed E-state index contributed by atoms with van der Waals surface area (Å²) in [7, 11) is 2.59. The number of nitrogens with zero attached hydrogens (tertiary/aromatic N) is 3. The summed E-state index contributed by atoms with van der Waals surface area (Å²) in [5.41, 5.74) is 3.57. The number of nitriles is 1. The molecule has 0 bridgehead atoms. The van der Waals surface area contributed by atoms with Gasteiger partial charge in [0.15, 0.2) is 0 Å². The van der Waals surface area contributed by atoms with Gasteiger partial charge in [-0.25, -0.2) is 4.79 Å². The van der Waals surface area contributed by atoms with Crippen LogP contribution in [0.25, 0.3) is 6.08 Å². The summed E-state index contributed by atoms with van der Waals surface area (Å²) in [4.78, 5) is 36.9. The lowest BCUT2D eigenvalue weighted by Gasteiger charge is -2.10. The van der Waals surface area contributed by atoms with E-state index in [0.717, 1.165) is 21.3 Å². The van der Waals surface area contributed by atoms with E-state index in [1.54, 1.807) is 12.1 Å². The molecule has 2 atom stereocenters. The number of carbonyl (C=O) groups is 1. The zero-order chi connectivity index (χ0) is 19.2. The summed E-state index contributed by atoms with van der Waals surface area (Å²) in [6, 6.07) is 5.27. The molecule has 2 aromatic rings. The molecule has 2 N–H and O–H groups in total. The first kappa shape index (κ1) is 17.5. The van der Waals surface area contributed by atoms with Crippen molar-refractivity contribution in [2.75, 3.05) is 5.73 Å². The second-order valence-corrected chi connectivity index (χ2v) is 6.52. The molecule has 26 heavy (non-hydrogen) atoms. The van der Waals surface area contributed by atoms with Gasteiger partial charge in [0, 0.05) is 26.1 Å². The van der Waals surface area contributed by atoms with E-state index in [-0.39, 0.29) is 11.4 Å². The number of Topliss-reactive ketones (excluding diaryl/α,β-unsaturated/α-hetero) is 1. The molecule has 0 unspecified atom stereocenters. The molecule has 3 rings (SSSR count). The normalized spacial score (nSPS) is 19.2. The molecule has 1 fully saturated rings. The van der Waals surface area contributed by atoms with Gasteiger partial charge >= 0.3 is 5.69 Å². The van der Waals surface area contributed by atoms with Crippen LogP contribution < -0.4 is 17.0 Å². The Kier molecular flexibility index (Phi) is 4.16. The van der Waals surface area contributed by atoms with Gasteiger partial charge in [-0.05, 0) is 24.5 Å². The molecule has 8 nitrogen and oxygen atoms in total. The monoisotopic (exact) mass is 354 g/mol. The zero-order valence-electron chi connectivity index (χ0n) is 14.6. The minimum atomic E-state index is -0.848. The first-order chi connectivity index (χ1) is 12.3. The van der Waals surface area contributed by atoms with Gasteiger partial charge in [-0.1, -0.05) is 6.92 Å². The third-order valence-electron chi connectivity index (χ3n) is 4.71. The van der Waals surface area contributed by atoms with Crippen molar-refractivity contribution in [2.24, 2.45) is 20.0 Å². The van der Waals surface area contributed by atoms with Gasteiger partial charge in [0.1, 0.15) is 34.5 Å². The Morgan fingerprint density at radius 3 is 2.58 bits per heavy atom. The second-order valence-electron chi connectivity index (χ2n) is 6.52. The molecular weight excluding hydrogens is 336 g/mol. The minimum Gasteiger partial charge on any atom is -0.461 e. The average molecular weight is 354 g/mol. The fraction of sp³-hybridized carbons (Fsp3) is 0.333. The van der Waals surface area contributed by atoms with Crippen LogP contribution >= 0.6 is 0 Å². The van der Waals surface area contributed by atoms with Crippen LogP contribution in [0, 0.1) is 17.2 Å². The summed E-state index contributed by atoms with van der Waals surface area (Å²) in [6.07, 6.45) is 2.33. The first-order valence-electron chi connectivity index (χ1n) is 8.08. The number of furan rings is 1. The molecule has 1 aliphatic rings. The number of nitrogen functional groups attached to an aromatic ring is 1. The van der Waals surface area contributed by atoms with E-state index in [0.29, 0.717) is 17.6 Å². The predicted octanol–water partition coefficient (Wildman–Crippen LogP) is 1.17. The van der Waals surface area contributed by atoms with Crippen LogP contribution in [-0.2, 0) is 14.1 Å². The Bertz CT molecular complexity index is 1090. The number of aromatic nitrogens is 2. The van der Waals surface area contributed by atoms with E-state index in [2.05, 4.69) is 6.92 Å². The van der Waals surface area contributed by atoms with E-state index in [1.165, 1.54) is 20.2 Å². The van der Waals surface area contributed by atoms with Crippen molar-refractivity contribution >= 4 is 17.7 Å². The topological polar surface area (TPSA) is 124 Å². The maximum atomic E-state index is 12.7. The molecule has 0 saturated heterocycles. The number of rotatable bonds is 4. The molecule has 0 spiro atoms. The molecule has 134 valence electrons.